The lowest BCUT2D eigenvalue weighted by Crippen LogP contribution is -2.05. The van der Waals surface area contributed by atoms with Crippen LogP contribution in [0.3, 0.4) is 0 Å². The minimum absolute atomic E-state index is 0.209. The van der Waals surface area contributed by atoms with Gasteiger partial charge in [-0.25, -0.2) is 0 Å². The van der Waals surface area contributed by atoms with Crippen LogP contribution in [0.1, 0.15) is 5.69 Å². The number of hydrogen-bond acceptors (Lipinski definition) is 4. The van der Waals surface area contributed by atoms with Gasteiger partial charge >= 0.3 is 5.97 Å². The van der Waals surface area contributed by atoms with Crippen molar-refractivity contribution in [3.05, 3.63) is 41.3 Å². The molecular weight excluding hydrogens is 268 g/mol. The average Bonchev–Trinajstić information content (AvgIpc) is 2.38. The Morgan fingerprint density at radius 3 is 2.79 bits per heavy atom. The number of nitrogens with zero attached hydrogens (tertiary/aromatic N) is 2. The SMILES string of the molecule is COc1ccc(Cl)cc1-c1nccnc1CC(=O)O. The molecule has 0 radical (unpaired) electrons. The van der Waals surface area contributed by atoms with Crippen molar-refractivity contribution in [1.82, 2.24) is 9.97 Å². The van der Waals surface area contributed by atoms with Crippen molar-refractivity contribution >= 4 is 17.6 Å². The van der Waals surface area contributed by atoms with E-state index < -0.39 is 5.97 Å². The van der Waals surface area contributed by atoms with Crippen LogP contribution in [0.25, 0.3) is 11.3 Å². The minimum atomic E-state index is -0.970. The van der Waals surface area contributed by atoms with Gasteiger partial charge in [-0.3, -0.25) is 14.8 Å². The number of methoxy groups -OCH3 is 1. The summed E-state index contributed by atoms with van der Waals surface area (Å²) in [5.74, 6) is -0.403. The van der Waals surface area contributed by atoms with E-state index in [1.54, 1.807) is 18.2 Å². The van der Waals surface area contributed by atoms with E-state index in [1.807, 2.05) is 0 Å². The van der Waals surface area contributed by atoms with Gasteiger partial charge in [0.25, 0.3) is 0 Å². The van der Waals surface area contributed by atoms with Crippen LogP contribution in [0.4, 0.5) is 0 Å². The molecule has 1 aromatic heterocycles. The van der Waals surface area contributed by atoms with E-state index in [4.69, 9.17) is 21.4 Å². The molecule has 0 unspecified atom stereocenters. The first kappa shape index (κ1) is 13.3. The summed E-state index contributed by atoms with van der Waals surface area (Å²) in [4.78, 5) is 19.1. The average molecular weight is 279 g/mol. The van der Waals surface area contributed by atoms with Gasteiger partial charge < -0.3 is 9.84 Å². The van der Waals surface area contributed by atoms with Crippen molar-refractivity contribution in [2.24, 2.45) is 0 Å². The molecule has 0 bridgehead atoms. The summed E-state index contributed by atoms with van der Waals surface area (Å²) in [6.45, 7) is 0. The van der Waals surface area contributed by atoms with Crippen molar-refractivity contribution in [3.8, 4) is 17.0 Å². The van der Waals surface area contributed by atoms with Crippen molar-refractivity contribution in [2.45, 2.75) is 6.42 Å². The summed E-state index contributed by atoms with van der Waals surface area (Å²) in [6.07, 6.45) is 2.75. The molecule has 0 spiro atoms. The summed E-state index contributed by atoms with van der Waals surface area (Å²) >= 11 is 5.96. The predicted molar refractivity (Wildman–Crippen MR) is 70.4 cm³/mol. The number of benzene rings is 1. The van der Waals surface area contributed by atoms with Gasteiger partial charge in [-0.1, -0.05) is 11.6 Å². The highest BCUT2D eigenvalue weighted by Crippen LogP contribution is 2.32. The third kappa shape index (κ3) is 3.00. The van der Waals surface area contributed by atoms with E-state index in [-0.39, 0.29) is 6.42 Å². The number of carboxylic acid groups (broad SMARTS) is 1. The van der Waals surface area contributed by atoms with Crippen LogP contribution in [0.5, 0.6) is 5.75 Å². The second-order valence-corrected chi connectivity index (χ2v) is 4.20. The Labute approximate surface area is 114 Å². The molecule has 98 valence electrons. The molecule has 0 saturated carbocycles. The van der Waals surface area contributed by atoms with Crippen LogP contribution in [-0.2, 0) is 11.2 Å². The van der Waals surface area contributed by atoms with E-state index in [0.29, 0.717) is 27.7 Å². The molecule has 2 rings (SSSR count). The smallest absolute Gasteiger partial charge is 0.309 e. The molecule has 0 amide bonds. The van der Waals surface area contributed by atoms with Crippen LogP contribution >= 0.6 is 11.6 Å². The van der Waals surface area contributed by atoms with E-state index in [2.05, 4.69) is 9.97 Å². The Bertz CT molecular complexity index is 617. The van der Waals surface area contributed by atoms with Gasteiger partial charge in [0.05, 0.1) is 24.9 Å². The van der Waals surface area contributed by atoms with Crippen molar-refractivity contribution in [3.63, 3.8) is 0 Å². The third-order valence-corrected chi connectivity index (χ3v) is 2.74. The Morgan fingerprint density at radius 2 is 2.11 bits per heavy atom. The fourth-order valence-corrected chi connectivity index (χ4v) is 1.90. The highest BCUT2D eigenvalue weighted by atomic mass is 35.5. The second-order valence-electron chi connectivity index (χ2n) is 3.77. The number of hydrogen-bond donors (Lipinski definition) is 1. The minimum Gasteiger partial charge on any atom is -0.496 e. The van der Waals surface area contributed by atoms with Gasteiger partial charge in [-0.2, -0.15) is 0 Å². The lowest BCUT2D eigenvalue weighted by atomic mass is 10.1. The van der Waals surface area contributed by atoms with Gasteiger partial charge in [0.1, 0.15) is 5.75 Å². The molecule has 0 atom stereocenters. The van der Waals surface area contributed by atoms with Crippen molar-refractivity contribution in [1.29, 1.82) is 0 Å². The zero-order chi connectivity index (χ0) is 13.8. The summed E-state index contributed by atoms with van der Waals surface area (Å²) in [7, 11) is 1.53. The predicted octanol–water partition coefficient (Wildman–Crippen LogP) is 2.43. The van der Waals surface area contributed by atoms with Crippen LogP contribution in [0, 0.1) is 0 Å². The Morgan fingerprint density at radius 1 is 1.37 bits per heavy atom. The van der Waals surface area contributed by atoms with E-state index in [1.165, 1.54) is 19.5 Å². The summed E-state index contributed by atoms with van der Waals surface area (Å²) in [5, 5.41) is 9.41. The van der Waals surface area contributed by atoms with Crippen LogP contribution < -0.4 is 4.74 Å². The first-order chi connectivity index (χ1) is 9.11. The lowest BCUT2D eigenvalue weighted by Gasteiger charge is -2.10. The second kappa shape index (κ2) is 5.67. The molecule has 1 heterocycles. The molecule has 0 fully saturated rings. The monoisotopic (exact) mass is 278 g/mol. The molecule has 6 heteroatoms. The van der Waals surface area contributed by atoms with Crippen molar-refractivity contribution < 1.29 is 14.6 Å². The first-order valence-electron chi connectivity index (χ1n) is 5.47. The van der Waals surface area contributed by atoms with Gasteiger partial charge in [-0.05, 0) is 18.2 Å². The number of halogens is 1. The molecule has 2 aromatic rings. The Kier molecular flexibility index (Phi) is 3.97. The van der Waals surface area contributed by atoms with Gasteiger partial charge in [0.15, 0.2) is 0 Å². The Balaban J connectivity index is 2.58. The molecular formula is C13H11ClN2O3. The summed E-state index contributed by atoms with van der Waals surface area (Å²) in [6, 6.07) is 5.07. The molecule has 19 heavy (non-hydrogen) atoms. The highest BCUT2D eigenvalue weighted by Gasteiger charge is 2.15. The van der Waals surface area contributed by atoms with Crippen LogP contribution in [0.2, 0.25) is 5.02 Å². The fraction of sp³-hybridized carbons (Fsp3) is 0.154. The van der Waals surface area contributed by atoms with Crippen LogP contribution in [-0.4, -0.2) is 28.2 Å². The number of rotatable bonds is 4. The maximum atomic E-state index is 10.8. The number of carboxylic acids is 1. The molecule has 0 aliphatic heterocycles. The maximum absolute atomic E-state index is 10.8. The zero-order valence-corrected chi connectivity index (χ0v) is 10.9. The fourth-order valence-electron chi connectivity index (χ4n) is 1.73. The van der Waals surface area contributed by atoms with Gasteiger partial charge in [0, 0.05) is 23.0 Å². The summed E-state index contributed by atoms with van der Waals surface area (Å²) in [5.41, 5.74) is 1.46. The standard InChI is InChI=1S/C13H11ClN2O3/c1-19-11-3-2-8(14)6-9(11)13-10(7-12(17)18)15-4-5-16-13/h2-6H,7H2,1H3,(H,17,18). The molecule has 5 nitrogen and oxygen atoms in total. The Hall–Kier alpha value is -2.14. The van der Waals surface area contributed by atoms with Gasteiger partial charge in [-0.15, -0.1) is 0 Å². The topological polar surface area (TPSA) is 72.3 Å². The number of ether oxygens (including phenoxy) is 1. The lowest BCUT2D eigenvalue weighted by molar-refractivity contribution is -0.136. The number of aliphatic carboxylic acids is 1. The summed E-state index contributed by atoms with van der Waals surface area (Å²) < 4.78 is 5.24. The number of carbonyl (C=O) groups is 1. The molecule has 0 aliphatic carbocycles. The quantitative estimate of drug-likeness (QED) is 0.930. The first-order valence-corrected chi connectivity index (χ1v) is 5.85. The molecule has 1 N–H and O–H groups in total. The van der Waals surface area contributed by atoms with Crippen molar-refractivity contribution in [2.75, 3.05) is 7.11 Å². The van der Waals surface area contributed by atoms with E-state index in [0.717, 1.165) is 0 Å². The normalized spacial score (nSPS) is 10.2. The number of aromatic nitrogens is 2. The molecule has 0 saturated heterocycles. The van der Waals surface area contributed by atoms with Crippen LogP contribution in [0.15, 0.2) is 30.6 Å². The highest BCUT2D eigenvalue weighted by molar-refractivity contribution is 6.31. The maximum Gasteiger partial charge on any atom is 0.309 e. The zero-order valence-electron chi connectivity index (χ0n) is 10.1. The molecule has 0 aliphatic rings. The molecule has 1 aromatic carbocycles. The largest absolute Gasteiger partial charge is 0.496 e. The van der Waals surface area contributed by atoms with E-state index >= 15 is 0 Å². The third-order valence-electron chi connectivity index (χ3n) is 2.51. The van der Waals surface area contributed by atoms with E-state index in [9.17, 15) is 4.79 Å². The van der Waals surface area contributed by atoms with Gasteiger partial charge in [0.2, 0.25) is 0 Å².